The molecule has 1 aliphatic rings. The second-order valence-electron chi connectivity index (χ2n) is 7.17. The van der Waals surface area contributed by atoms with Crippen LogP contribution in [0.3, 0.4) is 0 Å². The van der Waals surface area contributed by atoms with Gasteiger partial charge in [0, 0.05) is 30.4 Å². The van der Waals surface area contributed by atoms with E-state index in [2.05, 4.69) is 10.6 Å². The lowest BCUT2D eigenvalue weighted by Gasteiger charge is -2.30. The molecule has 0 radical (unpaired) electrons. The molecule has 0 aliphatic carbocycles. The summed E-state index contributed by atoms with van der Waals surface area (Å²) in [4.78, 5) is 23.9. The number of carbonyl (C=O) groups is 2. The van der Waals surface area contributed by atoms with E-state index in [1.54, 1.807) is 31.2 Å². The van der Waals surface area contributed by atoms with E-state index in [0.717, 1.165) is 12.1 Å². The number of carbonyl (C=O) groups excluding carboxylic acids is 2. The van der Waals surface area contributed by atoms with Gasteiger partial charge in [-0.1, -0.05) is 11.6 Å². The van der Waals surface area contributed by atoms with Crippen molar-refractivity contribution < 1.29 is 27.1 Å². The van der Waals surface area contributed by atoms with Crippen LogP contribution >= 0.6 is 11.6 Å². The number of hydrogen-bond acceptors (Lipinski definition) is 5. The molecular formula is C21H23ClFN3O5S. The number of nitrogens with one attached hydrogen (secondary N) is 2. The van der Waals surface area contributed by atoms with Crippen molar-refractivity contribution >= 4 is 45.0 Å². The second kappa shape index (κ2) is 10.3. The molecule has 0 atom stereocenters. The molecule has 11 heteroatoms. The summed E-state index contributed by atoms with van der Waals surface area (Å²) in [7, 11) is -3.82. The summed E-state index contributed by atoms with van der Waals surface area (Å²) in [6.07, 6.45) is 0.138. The first-order valence-corrected chi connectivity index (χ1v) is 11.8. The normalized spacial score (nSPS) is 15.2. The van der Waals surface area contributed by atoms with Gasteiger partial charge >= 0.3 is 6.09 Å². The molecule has 0 bridgehead atoms. The molecule has 1 heterocycles. The lowest BCUT2D eigenvalue weighted by atomic mass is 9.97. The molecule has 172 valence electrons. The highest BCUT2D eigenvalue weighted by Gasteiger charge is 2.32. The topological polar surface area (TPSA) is 105 Å². The summed E-state index contributed by atoms with van der Waals surface area (Å²) in [5.41, 5.74) is 1.08. The van der Waals surface area contributed by atoms with Gasteiger partial charge in [0.05, 0.1) is 16.5 Å². The van der Waals surface area contributed by atoms with Crippen LogP contribution in [0.5, 0.6) is 0 Å². The number of sulfonamides is 1. The molecule has 2 aromatic rings. The van der Waals surface area contributed by atoms with Gasteiger partial charge in [0.2, 0.25) is 15.9 Å². The van der Waals surface area contributed by atoms with E-state index in [4.69, 9.17) is 16.3 Å². The predicted molar refractivity (Wildman–Crippen MR) is 119 cm³/mol. The minimum atomic E-state index is -3.82. The molecule has 0 aromatic heterocycles. The van der Waals surface area contributed by atoms with Crippen LogP contribution in [0.4, 0.5) is 20.6 Å². The lowest BCUT2D eigenvalue weighted by molar-refractivity contribution is -0.120. The Bertz CT molecular complexity index is 1090. The Hall–Kier alpha value is -2.69. The van der Waals surface area contributed by atoms with Crippen LogP contribution in [-0.4, -0.2) is 44.4 Å². The quantitative estimate of drug-likeness (QED) is 0.644. The van der Waals surface area contributed by atoms with E-state index in [0.29, 0.717) is 24.2 Å². The van der Waals surface area contributed by atoms with Gasteiger partial charge in [-0.3, -0.25) is 10.1 Å². The Labute approximate surface area is 190 Å². The average molecular weight is 484 g/mol. The largest absolute Gasteiger partial charge is 0.450 e. The van der Waals surface area contributed by atoms with Crippen LogP contribution < -0.4 is 10.6 Å². The van der Waals surface area contributed by atoms with E-state index in [9.17, 15) is 22.4 Å². The minimum absolute atomic E-state index is 0.0803. The summed E-state index contributed by atoms with van der Waals surface area (Å²) in [5.74, 6) is -1.25. The van der Waals surface area contributed by atoms with Crippen LogP contribution in [0, 0.1) is 11.7 Å². The van der Waals surface area contributed by atoms with Crippen molar-refractivity contribution in [2.75, 3.05) is 30.3 Å². The molecule has 2 aromatic carbocycles. The van der Waals surface area contributed by atoms with E-state index in [1.165, 1.54) is 10.4 Å². The maximum absolute atomic E-state index is 13.3. The highest BCUT2D eigenvalue weighted by Crippen LogP contribution is 2.27. The van der Waals surface area contributed by atoms with Crippen LogP contribution in [0.25, 0.3) is 0 Å². The van der Waals surface area contributed by atoms with Crippen LogP contribution in [-0.2, 0) is 19.6 Å². The fourth-order valence-electron chi connectivity index (χ4n) is 3.31. The highest BCUT2D eigenvalue weighted by atomic mass is 35.5. The first kappa shape index (κ1) is 24.0. The van der Waals surface area contributed by atoms with Crippen molar-refractivity contribution in [3.63, 3.8) is 0 Å². The van der Waals surface area contributed by atoms with Crippen molar-refractivity contribution in [1.82, 2.24) is 4.31 Å². The molecular weight excluding hydrogens is 461 g/mol. The van der Waals surface area contributed by atoms with Gasteiger partial charge in [-0.2, -0.15) is 4.31 Å². The number of anilines is 2. The molecule has 0 saturated carbocycles. The highest BCUT2D eigenvalue weighted by molar-refractivity contribution is 7.89. The van der Waals surface area contributed by atoms with Crippen molar-refractivity contribution in [3.8, 4) is 0 Å². The van der Waals surface area contributed by atoms with E-state index in [1.807, 2.05) is 0 Å². The number of benzene rings is 2. The Balaban J connectivity index is 1.55. The Kier molecular flexibility index (Phi) is 7.70. The molecule has 8 nitrogen and oxygen atoms in total. The predicted octanol–water partition coefficient (Wildman–Crippen LogP) is 4.09. The molecule has 3 rings (SSSR count). The standard InChI is InChI=1S/C21H23ClFN3O5S/c1-2-31-21(28)25-16-5-3-15(4-6-16)24-20(27)14-9-11-26(12-10-14)32(29,30)17-7-8-19(23)18(22)13-17/h3-8,13-14H,2,9-12H2,1H3,(H,24,27)(H,25,28). The molecule has 0 spiro atoms. The summed E-state index contributed by atoms with van der Waals surface area (Å²) >= 11 is 5.71. The zero-order valence-electron chi connectivity index (χ0n) is 17.3. The summed E-state index contributed by atoms with van der Waals surface area (Å²) in [6, 6.07) is 9.85. The first-order chi connectivity index (χ1) is 15.2. The van der Waals surface area contributed by atoms with Crippen LogP contribution in [0.15, 0.2) is 47.4 Å². The molecule has 2 amide bonds. The fraction of sp³-hybridized carbons (Fsp3) is 0.333. The fourth-order valence-corrected chi connectivity index (χ4v) is 5.05. The van der Waals surface area contributed by atoms with Crippen molar-refractivity contribution in [3.05, 3.63) is 53.3 Å². The molecule has 1 fully saturated rings. The summed E-state index contributed by atoms with van der Waals surface area (Å²) < 4.78 is 45.0. The van der Waals surface area contributed by atoms with Gasteiger partial charge < -0.3 is 10.1 Å². The third kappa shape index (κ3) is 5.76. The van der Waals surface area contributed by atoms with Gasteiger partial charge in [0.25, 0.3) is 0 Å². The SMILES string of the molecule is CCOC(=O)Nc1ccc(NC(=O)C2CCN(S(=O)(=O)c3ccc(F)c(Cl)c3)CC2)cc1. The molecule has 1 saturated heterocycles. The van der Waals surface area contributed by atoms with Gasteiger partial charge in [-0.15, -0.1) is 0 Å². The van der Waals surface area contributed by atoms with E-state index in [-0.39, 0.29) is 41.4 Å². The number of rotatable bonds is 6. The molecule has 2 N–H and O–H groups in total. The minimum Gasteiger partial charge on any atom is -0.450 e. The van der Waals surface area contributed by atoms with Crippen LogP contribution in [0.2, 0.25) is 5.02 Å². The van der Waals surface area contributed by atoms with Gasteiger partial charge in [-0.05, 0) is 62.2 Å². The molecule has 1 aliphatic heterocycles. The number of ether oxygens (including phenoxy) is 1. The number of hydrogen-bond donors (Lipinski definition) is 2. The van der Waals surface area contributed by atoms with Crippen molar-refractivity contribution in [2.24, 2.45) is 5.92 Å². The number of piperidine rings is 1. The Morgan fingerprint density at radius 2 is 1.69 bits per heavy atom. The number of halogens is 2. The maximum Gasteiger partial charge on any atom is 0.411 e. The summed E-state index contributed by atoms with van der Waals surface area (Å²) in [6.45, 7) is 2.30. The molecule has 32 heavy (non-hydrogen) atoms. The van der Waals surface area contributed by atoms with Crippen molar-refractivity contribution in [1.29, 1.82) is 0 Å². The zero-order chi connectivity index (χ0) is 23.3. The van der Waals surface area contributed by atoms with Gasteiger partial charge in [0.1, 0.15) is 5.82 Å². The Morgan fingerprint density at radius 3 is 2.25 bits per heavy atom. The number of amides is 2. The maximum atomic E-state index is 13.3. The lowest BCUT2D eigenvalue weighted by Crippen LogP contribution is -2.41. The monoisotopic (exact) mass is 483 g/mol. The van der Waals surface area contributed by atoms with Gasteiger partial charge in [0.15, 0.2) is 0 Å². The van der Waals surface area contributed by atoms with Gasteiger partial charge in [-0.25, -0.2) is 17.6 Å². The smallest absolute Gasteiger partial charge is 0.411 e. The zero-order valence-corrected chi connectivity index (χ0v) is 18.9. The van der Waals surface area contributed by atoms with E-state index >= 15 is 0 Å². The van der Waals surface area contributed by atoms with E-state index < -0.39 is 21.9 Å². The Morgan fingerprint density at radius 1 is 1.09 bits per heavy atom. The molecule has 0 unspecified atom stereocenters. The third-order valence-corrected chi connectivity index (χ3v) is 7.21. The first-order valence-electron chi connectivity index (χ1n) is 10.0. The second-order valence-corrected chi connectivity index (χ2v) is 9.51. The van der Waals surface area contributed by atoms with Crippen LogP contribution in [0.1, 0.15) is 19.8 Å². The average Bonchev–Trinajstić information content (AvgIpc) is 2.77. The summed E-state index contributed by atoms with van der Waals surface area (Å²) in [5, 5.41) is 5.11. The third-order valence-electron chi connectivity index (χ3n) is 5.03. The van der Waals surface area contributed by atoms with Crippen molar-refractivity contribution in [2.45, 2.75) is 24.7 Å². The number of nitrogens with zero attached hydrogens (tertiary/aromatic N) is 1.